The Morgan fingerprint density at radius 1 is 0.941 bits per heavy atom. The first-order valence-electron chi connectivity index (χ1n) is 12.1. The van der Waals surface area contributed by atoms with E-state index in [1.54, 1.807) is 0 Å². The van der Waals surface area contributed by atoms with Crippen LogP contribution in [0.5, 0.6) is 0 Å². The molecule has 0 radical (unpaired) electrons. The number of ether oxygens (including phenoxy) is 6. The molecule has 6 atom stereocenters. The van der Waals surface area contributed by atoms with Gasteiger partial charge in [-0.3, -0.25) is 10.2 Å². The molecule has 0 aromatic carbocycles. The third-order valence-electron chi connectivity index (χ3n) is 6.02. The Morgan fingerprint density at radius 2 is 1.53 bits per heavy atom. The molecule has 1 saturated carbocycles. The quantitative estimate of drug-likeness (QED) is 0.0992. The van der Waals surface area contributed by atoms with Gasteiger partial charge in [-0.1, -0.05) is 74.8 Å². The van der Waals surface area contributed by atoms with E-state index in [4.69, 9.17) is 68.6 Å². The van der Waals surface area contributed by atoms with Crippen molar-refractivity contribution in [1.29, 1.82) is 5.41 Å². The summed E-state index contributed by atoms with van der Waals surface area (Å²) < 4.78 is 33.9. The standard InChI is InChI=1S/C23H38Cl3NO7/c1-5-8-11-29-14-22-16(17(30-12-9-6-2)19(22)31-13-10-7-3)18(32-15(4)28)20(34-22)33-21(27)23(24,25)26/h16-20,27H,5-14H2,1-4H3/t16?,17-,18?,19+,20+,22?/m1/s1. The maximum absolute atomic E-state index is 12.0. The first-order chi connectivity index (χ1) is 16.1. The number of carbonyl (C=O) groups is 1. The average Bonchev–Trinajstić information content (AvgIpc) is 3.00. The van der Waals surface area contributed by atoms with Crippen molar-refractivity contribution in [3.8, 4) is 0 Å². The highest BCUT2D eigenvalue weighted by Crippen LogP contribution is 2.55. The van der Waals surface area contributed by atoms with E-state index in [0.29, 0.717) is 19.8 Å². The van der Waals surface area contributed by atoms with Gasteiger partial charge in [-0.15, -0.1) is 0 Å². The van der Waals surface area contributed by atoms with Gasteiger partial charge >= 0.3 is 5.97 Å². The molecule has 198 valence electrons. The van der Waals surface area contributed by atoms with Gasteiger partial charge in [-0.2, -0.15) is 0 Å². The van der Waals surface area contributed by atoms with E-state index in [-0.39, 0.29) is 6.61 Å². The molecule has 1 aliphatic heterocycles. The summed E-state index contributed by atoms with van der Waals surface area (Å²) in [6.07, 6.45) is 2.64. The number of hydrogen-bond donors (Lipinski definition) is 1. The molecule has 1 aliphatic carbocycles. The molecule has 34 heavy (non-hydrogen) atoms. The second-order valence-corrected chi connectivity index (χ2v) is 11.0. The predicted octanol–water partition coefficient (Wildman–Crippen LogP) is 5.19. The molecule has 0 spiro atoms. The summed E-state index contributed by atoms with van der Waals surface area (Å²) in [6, 6.07) is 0. The minimum atomic E-state index is -2.09. The zero-order valence-corrected chi connectivity index (χ0v) is 22.7. The monoisotopic (exact) mass is 545 g/mol. The van der Waals surface area contributed by atoms with Crippen molar-refractivity contribution in [2.24, 2.45) is 5.92 Å². The molecule has 2 fully saturated rings. The Hall–Kier alpha value is -0.350. The van der Waals surface area contributed by atoms with E-state index in [1.807, 2.05) is 0 Å². The maximum Gasteiger partial charge on any atom is 0.303 e. The normalized spacial score (nSPS) is 30.5. The Labute approximate surface area is 217 Å². The van der Waals surface area contributed by atoms with Gasteiger partial charge in [0.15, 0.2) is 6.10 Å². The molecular formula is C23H38Cl3NO7. The van der Waals surface area contributed by atoms with Crippen LogP contribution in [0.4, 0.5) is 0 Å². The lowest BCUT2D eigenvalue weighted by molar-refractivity contribution is -0.304. The van der Waals surface area contributed by atoms with E-state index in [9.17, 15) is 4.79 Å². The van der Waals surface area contributed by atoms with E-state index < -0.39 is 51.8 Å². The van der Waals surface area contributed by atoms with Gasteiger partial charge in [0.25, 0.3) is 3.79 Å². The van der Waals surface area contributed by atoms with Crippen molar-refractivity contribution < 1.29 is 33.2 Å². The Morgan fingerprint density at radius 3 is 2.09 bits per heavy atom. The molecule has 0 bridgehead atoms. The summed E-state index contributed by atoms with van der Waals surface area (Å²) in [5.41, 5.74) is -0.989. The molecular weight excluding hydrogens is 509 g/mol. The van der Waals surface area contributed by atoms with Crippen LogP contribution in [0.15, 0.2) is 0 Å². The molecule has 1 saturated heterocycles. The molecule has 2 aliphatic rings. The molecule has 11 heteroatoms. The van der Waals surface area contributed by atoms with Gasteiger partial charge < -0.3 is 28.4 Å². The number of fused-ring (bicyclic) bond motifs is 1. The van der Waals surface area contributed by atoms with Crippen molar-refractivity contribution in [2.45, 2.75) is 100 Å². The summed E-state index contributed by atoms with van der Waals surface area (Å²) in [5, 5.41) is 8.03. The van der Waals surface area contributed by atoms with E-state index in [2.05, 4.69) is 20.8 Å². The number of carbonyl (C=O) groups excluding carboxylic acids is 1. The number of alkyl halides is 3. The second kappa shape index (κ2) is 13.8. The molecule has 0 aromatic heterocycles. The summed E-state index contributed by atoms with van der Waals surface area (Å²) in [7, 11) is 0. The van der Waals surface area contributed by atoms with Crippen molar-refractivity contribution in [3.63, 3.8) is 0 Å². The Bertz CT molecular complexity index is 663. The van der Waals surface area contributed by atoms with Gasteiger partial charge in [0, 0.05) is 26.7 Å². The van der Waals surface area contributed by atoms with Crippen LogP contribution in [0, 0.1) is 11.3 Å². The SMILES string of the molecule is CCCCOCC12O[C@H](OC(=N)C(Cl)(Cl)Cl)C(OC(C)=O)C1[C@@H](OCCCC)[C@@H]2OCCCC. The minimum absolute atomic E-state index is 0.195. The van der Waals surface area contributed by atoms with Gasteiger partial charge in [0.2, 0.25) is 12.2 Å². The molecule has 8 nitrogen and oxygen atoms in total. The highest BCUT2D eigenvalue weighted by molar-refractivity contribution is 6.76. The lowest BCUT2D eigenvalue weighted by atomic mass is 9.63. The summed E-state index contributed by atoms with van der Waals surface area (Å²) in [6.45, 7) is 9.34. The van der Waals surface area contributed by atoms with Gasteiger partial charge in [-0.25, -0.2) is 0 Å². The van der Waals surface area contributed by atoms with Crippen molar-refractivity contribution in [1.82, 2.24) is 0 Å². The van der Waals surface area contributed by atoms with E-state index in [1.165, 1.54) is 6.92 Å². The van der Waals surface area contributed by atoms with Crippen LogP contribution in [0.1, 0.15) is 66.2 Å². The van der Waals surface area contributed by atoms with Crippen LogP contribution in [-0.2, 0) is 33.2 Å². The predicted molar refractivity (Wildman–Crippen MR) is 131 cm³/mol. The molecule has 0 aromatic rings. The number of unbranched alkanes of at least 4 members (excludes halogenated alkanes) is 3. The van der Waals surface area contributed by atoms with Crippen LogP contribution in [0.25, 0.3) is 0 Å². The number of nitrogens with one attached hydrogen (secondary N) is 1. The maximum atomic E-state index is 12.0. The Balaban J connectivity index is 2.36. The van der Waals surface area contributed by atoms with Crippen LogP contribution in [-0.4, -0.2) is 72.3 Å². The third kappa shape index (κ3) is 7.34. The second-order valence-electron chi connectivity index (χ2n) is 8.73. The number of halogens is 3. The Kier molecular flexibility index (Phi) is 12.1. The zero-order chi connectivity index (χ0) is 25.4. The van der Waals surface area contributed by atoms with Crippen LogP contribution < -0.4 is 0 Å². The van der Waals surface area contributed by atoms with Crippen LogP contribution in [0.3, 0.4) is 0 Å². The third-order valence-corrected chi connectivity index (χ3v) is 6.54. The van der Waals surface area contributed by atoms with Gasteiger partial charge in [0.1, 0.15) is 11.7 Å². The van der Waals surface area contributed by atoms with E-state index in [0.717, 1.165) is 38.5 Å². The number of hydrogen-bond acceptors (Lipinski definition) is 8. The molecule has 2 rings (SSSR count). The highest BCUT2D eigenvalue weighted by atomic mass is 35.6. The van der Waals surface area contributed by atoms with Crippen molar-refractivity contribution >= 4 is 46.7 Å². The zero-order valence-electron chi connectivity index (χ0n) is 20.4. The first-order valence-corrected chi connectivity index (χ1v) is 13.2. The lowest BCUT2D eigenvalue weighted by Gasteiger charge is -2.55. The smallest absolute Gasteiger partial charge is 0.303 e. The largest absolute Gasteiger partial charge is 0.455 e. The topological polar surface area (TPSA) is 96.3 Å². The molecule has 1 heterocycles. The van der Waals surface area contributed by atoms with Crippen LogP contribution >= 0.6 is 34.8 Å². The minimum Gasteiger partial charge on any atom is -0.455 e. The molecule has 1 N–H and O–H groups in total. The number of esters is 1. The summed E-state index contributed by atoms with van der Waals surface area (Å²) in [4.78, 5) is 12.0. The fourth-order valence-corrected chi connectivity index (χ4v) is 4.44. The number of rotatable bonds is 15. The van der Waals surface area contributed by atoms with Gasteiger partial charge in [0.05, 0.1) is 18.6 Å². The summed E-state index contributed by atoms with van der Waals surface area (Å²) >= 11 is 17.5. The van der Waals surface area contributed by atoms with Gasteiger partial charge in [-0.05, 0) is 19.3 Å². The molecule has 0 amide bonds. The van der Waals surface area contributed by atoms with Crippen molar-refractivity contribution in [3.05, 3.63) is 0 Å². The van der Waals surface area contributed by atoms with E-state index >= 15 is 0 Å². The van der Waals surface area contributed by atoms with Crippen molar-refractivity contribution in [2.75, 3.05) is 26.4 Å². The highest BCUT2D eigenvalue weighted by Gasteiger charge is 2.75. The summed E-state index contributed by atoms with van der Waals surface area (Å²) in [5.74, 6) is -1.59. The molecule has 3 unspecified atom stereocenters. The lowest BCUT2D eigenvalue weighted by Crippen LogP contribution is -2.73. The average molecular weight is 547 g/mol. The fraction of sp³-hybridized carbons (Fsp3) is 0.913. The van der Waals surface area contributed by atoms with Crippen LogP contribution in [0.2, 0.25) is 0 Å². The first kappa shape index (κ1) is 29.9. The fourth-order valence-electron chi connectivity index (χ4n) is 4.31.